The lowest BCUT2D eigenvalue weighted by atomic mass is 9.77. The quantitative estimate of drug-likeness (QED) is 0.0694. The van der Waals surface area contributed by atoms with Gasteiger partial charge in [-0.3, -0.25) is 28.6 Å². The van der Waals surface area contributed by atoms with Crippen LogP contribution in [0.3, 0.4) is 0 Å². The number of amides is 3. The Balaban J connectivity index is 1.34. The summed E-state index contributed by atoms with van der Waals surface area (Å²) in [5.74, 6) is -2.83. The van der Waals surface area contributed by atoms with Crippen molar-refractivity contribution in [3.05, 3.63) is 107 Å². The smallest absolute Gasteiger partial charge is 0.267 e. The van der Waals surface area contributed by atoms with E-state index < -0.39 is 50.5 Å². The number of imide groups is 1. The number of ether oxygens (including phenoxy) is 1. The summed E-state index contributed by atoms with van der Waals surface area (Å²) in [4.78, 5) is 55.0. The largest absolute Gasteiger partial charge is 0.378 e. The zero-order valence-corrected chi connectivity index (χ0v) is 34.2. The molecule has 1 aliphatic carbocycles. The number of allylic oxidation sites excluding steroid dienone is 5. The van der Waals surface area contributed by atoms with Gasteiger partial charge in [0.25, 0.3) is 21.9 Å². The van der Waals surface area contributed by atoms with Crippen molar-refractivity contribution in [1.82, 2.24) is 15.5 Å². The molecule has 0 spiro atoms. The molecule has 2 aromatic rings. The van der Waals surface area contributed by atoms with E-state index in [2.05, 4.69) is 68.4 Å². The highest BCUT2D eigenvalue weighted by molar-refractivity contribution is 7.85. The Morgan fingerprint density at radius 3 is 2.23 bits per heavy atom. The van der Waals surface area contributed by atoms with Gasteiger partial charge >= 0.3 is 0 Å². The molecule has 13 nitrogen and oxygen atoms in total. The fourth-order valence-electron chi connectivity index (χ4n) is 8.13. The van der Waals surface area contributed by atoms with E-state index in [-0.39, 0.29) is 37.7 Å². The highest BCUT2D eigenvalue weighted by Gasteiger charge is 2.47. The molecule has 4 aliphatic rings. The van der Waals surface area contributed by atoms with Crippen LogP contribution in [0.5, 0.6) is 0 Å². The zero-order valence-electron chi connectivity index (χ0n) is 33.4. The minimum atomic E-state index is -4.68. The van der Waals surface area contributed by atoms with Crippen LogP contribution in [0.25, 0.3) is 0 Å². The molecule has 2 aromatic carbocycles. The Labute approximate surface area is 334 Å². The van der Waals surface area contributed by atoms with Crippen LogP contribution in [0, 0.1) is 0 Å². The predicted molar refractivity (Wildman–Crippen MR) is 218 cm³/mol. The van der Waals surface area contributed by atoms with Crippen LogP contribution in [0.1, 0.15) is 65.0 Å². The third-order valence-electron chi connectivity index (χ3n) is 11.2. The molecule has 14 heteroatoms. The highest BCUT2D eigenvalue weighted by Crippen LogP contribution is 2.49. The fourth-order valence-corrected chi connectivity index (χ4v) is 8.78. The molecule has 0 aromatic heterocycles. The maximum atomic E-state index is 14.4. The van der Waals surface area contributed by atoms with Crippen molar-refractivity contribution in [3.63, 3.8) is 0 Å². The number of anilines is 1. The van der Waals surface area contributed by atoms with Crippen LogP contribution < -0.4 is 15.5 Å². The summed E-state index contributed by atoms with van der Waals surface area (Å²) in [7, 11) is -2.75. The van der Waals surface area contributed by atoms with Gasteiger partial charge in [-0.25, -0.2) is 0 Å². The number of nitrogens with one attached hydrogen (secondary N) is 2. The topological polar surface area (TPSA) is 165 Å². The number of para-hydroxylation sites is 2. The van der Waals surface area contributed by atoms with E-state index in [1.165, 1.54) is 12.2 Å². The summed E-state index contributed by atoms with van der Waals surface area (Å²) >= 11 is 0. The van der Waals surface area contributed by atoms with Crippen molar-refractivity contribution in [3.8, 4) is 0 Å². The Morgan fingerprint density at radius 2 is 1.56 bits per heavy atom. The molecular formula is C43H52N5O8S+. The molecule has 0 bridgehead atoms. The highest BCUT2D eigenvalue weighted by atomic mass is 32.2. The number of nitrogens with zero attached hydrogens (tertiary/aromatic N) is 3. The SMILES string of the molecule is CCCCCN1/C(=C/C2=C(NC(CS(=O)(=O)O)C(=O)NCCOCCN3C(=O)C=CC3=O)C(=C/C3=[N+](C)c4ccccc4C3(C)C)/C2=O)C(C)(C)c2ccccc21. The van der Waals surface area contributed by atoms with E-state index in [4.69, 9.17) is 4.74 Å². The van der Waals surface area contributed by atoms with E-state index in [1.54, 1.807) is 0 Å². The number of rotatable bonds is 17. The molecule has 0 fully saturated rings. The minimum Gasteiger partial charge on any atom is -0.378 e. The van der Waals surface area contributed by atoms with Gasteiger partial charge in [0, 0.05) is 65.3 Å². The molecular weight excluding hydrogens is 747 g/mol. The molecule has 0 saturated heterocycles. The molecule has 0 radical (unpaired) electrons. The maximum absolute atomic E-state index is 14.4. The van der Waals surface area contributed by atoms with Crippen molar-refractivity contribution < 1.29 is 41.5 Å². The lowest BCUT2D eigenvalue weighted by molar-refractivity contribution is -0.401. The Morgan fingerprint density at radius 1 is 0.895 bits per heavy atom. The average Bonchev–Trinajstić information content (AvgIpc) is 3.67. The van der Waals surface area contributed by atoms with E-state index in [0.29, 0.717) is 11.3 Å². The van der Waals surface area contributed by atoms with Crippen LogP contribution in [0.15, 0.2) is 95.4 Å². The fraction of sp³-hybridized carbons (Fsp3) is 0.419. The third kappa shape index (κ3) is 8.30. The zero-order chi connectivity index (χ0) is 41.3. The first kappa shape index (κ1) is 41.5. The van der Waals surface area contributed by atoms with Crippen LogP contribution in [0.4, 0.5) is 11.4 Å². The first-order valence-electron chi connectivity index (χ1n) is 19.4. The number of hydrogen-bond donors (Lipinski definition) is 3. The van der Waals surface area contributed by atoms with Gasteiger partial charge in [-0.1, -0.05) is 70.0 Å². The number of carbonyl (C=O) groups excluding carboxylic acids is 4. The molecule has 3 heterocycles. The van der Waals surface area contributed by atoms with Crippen LogP contribution in [-0.4, -0.2) is 103 Å². The van der Waals surface area contributed by atoms with E-state index in [1.807, 2.05) is 54.1 Å². The number of ketones is 1. The molecule has 3 N–H and O–H groups in total. The lowest BCUT2D eigenvalue weighted by Crippen LogP contribution is -2.51. The second-order valence-corrected chi connectivity index (χ2v) is 17.3. The molecule has 57 heavy (non-hydrogen) atoms. The monoisotopic (exact) mass is 798 g/mol. The summed E-state index contributed by atoms with van der Waals surface area (Å²) < 4.78 is 42.3. The van der Waals surface area contributed by atoms with Crippen molar-refractivity contribution in [1.29, 1.82) is 0 Å². The average molecular weight is 799 g/mol. The number of unbranched alkanes of at least 4 members (excludes halogenated alkanes) is 2. The standard InChI is InChI=1S/C43H51N5O8S/c1-7-8-13-21-47-34-17-12-10-15-31(34)43(4,5)36(47)26-29-39(28(40(29)51)25-35-42(2,3)30-14-9-11-16-33(30)46(35)6)45-32(27-57(53,54)55)41(52)44-20-23-56-24-22-48-37(49)18-19-38(48)50/h9-12,14-19,25-26,32H,7-8,13,20-24,27H2,1-6H3,(H2-,44,45,51,52,53,54,55)/p+1. The molecule has 0 saturated carbocycles. The number of hydrogen-bond acceptors (Lipinski definition) is 9. The van der Waals surface area contributed by atoms with E-state index in [9.17, 15) is 32.1 Å². The van der Waals surface area contributed by atoms with Gasteiger partial charge in [-0.05, 0) is 38.0 Å². The number of Topliss-reactive ketones (excluding diaryl/α,β-unsaturated/α-hetero) is 1. The molecule has 3 amide bonds. The van der Waals surface area contributed by atoms with E-state index >= 15 is 0 Å². The van der Waals surface area contributed by atoms with Gasteiger partial charge in [0.05, 0.1) is 36.4 Å². The first-order valence-corrected chi connectivity index (χ1v) is 21.0. The minimum absolute atomic E-state index is 0.00146. The Kier molecular flexibility index (Phi) is 11.9. The van der Waals surface area contributed by atoms with Gasteiger partial charge in [0.2, 0.25) is 11.6 Å². The third-order valence-corrected chi connectivity index (χ3v) is 12.0. The predicted octanol–water partition coefficient (Wildman–Crippen LogP) is 4.23. The Hall–Kier alpha value is -5.18. The summed E-state index contributed by atoms with van der Waals surface area (Å²) in [6.45, 7) is 11.3. The Bertz CT molecular complexity index is 2250. The second-order valence-electron chi connectivity index (χ2n) is 15.8. The maximum Gasteiger partial charge on any atom is 0.267 e. The summed E-state index contributed by atoms with van der Waals surface area (Å²) in [6, 6.07) is 14.7. The van der Waals surface area contributed by atoms with Crippen LogP contribution >= 0.6 is 0 Å². The van der Waals surface area contributed by atoms with Gasteiger partial charge < -0.3 is 20.3 Å². The number of fused-ring (bicyclic) bond motifs is 2. The van der Waals surface area contributed by atoms with Crippen molar-refractivity contribution in [2.24, 2.45) is 0 Å². The van der Waals surface area contributed by atoms with Gasteiger partial charge in [-0.15, -0.1) is 0 Å². The number of carbonyl (C=O) groups is 4. The molecule has 1 atom stereocenters. The summed E-state index contributed by atoms with van der Waals surface area (Å²) in [5, 5.41) is 5.74. The molecule has 1 unspecified atom stereocenters. The van der Waals surface area contributed by atoms with Gasteiger partial charge in [-0.2, -0.15) is 13.0 Å². The summed E-state index contributed by atoms with van der Waals surface area (Å²) in [6.07, 6.45) is 9.04. The molecule has 3 aliphatic heterocycles. The van der Waals surface area contributed by atoms with E-state index in [0.717, 1.165) is 64.6 Å². The van der Waals surface area contributed by atoms with Crippen molar-refractivity contribution in [2.75, 3.05) is 50.5 Å². The van der Waals surface area contributed by atoms with Crippen LogP contribution in [0.2, 0.25) is 0 Å². The van der Waals surface area contributed by atoms with Gasteiger partial charge in [0.1, 0.15) is 18.8 Å². The second kappa shape index (κ2) is 16.4. The molecule has 6 rings (SSSR count). The first-order chi connectivity index (χ1) is 27.0. The molecule has 302 valence electrons. The van der Waals surface area contributed by atoms with Gasteiger partial charge in [0.15, 0.2) is 11.5 Å². The summed E-state index contributed by atoms with van der Waals surface area (Å²) in [5.41, 5.74) is 5.92. The van der Waals surface area contributed by atoms with Crippen molar-refractivity contribution >= 4 is 50.7 Å². The lowest BCUT2D eigenvalue weighted by Gasteiger charge is -2.32. The van der Waals surface area contributed by atoms with Crippen molar-refractivity contribution in [2.45, 2.75) is 70.8 Å². The normalized spacial score (nSPS) is 20.2. The van der Waals surface area contributed by atoms with Crippen LogP contribution in [-0.2, 0) is 44.9 Å². The number of benzene rings is 2.